The molecule has 1 fully saturated rings. The lowest BCUT2D eigenvalue weighted by Crippen LogP contribution is -2.48. The van der Waals surface area contributed by atoms with Gasteiger partial charge in [0.1, 0.15) is 5.54 Å². The molecule has 1 atom stereocenters. The van der Waals surface area contributed by atoms with Crippen LogP contribution >= 0.6 is 0 Å². The molecule has 0 saturated carbocycles. The number of carbonyl (C=O) groups excluding carboxylic acids is 3. The van der Waals surface area contributed by atoms with Gasteiger partial charge in [0, 0.05) is 5.56 Å². The number of ether oxygens (including phenoxy) is 2. The highest BCUT2D eigenvalue weighted by molar-refractivity contribution is 6.09. The molecule has 4 amide bonds. The van der Waals surface area contributed by atoms with Crippen LogP contribution in [0.3, 0.4) is 0 Å². The number of nitrogens with zero attached hydrogens (tertiary/aromatic N) is 1. The highest BCUT2D eigenvalue weighted by atomic mass is 16.5. The lowest BCUT2D eigenvalue weighted by atomic mass is 9.87. The Kier molecular flexibility index (Phi) is 6.79. The van der Waals surface area contributed by atoms with E-state index in [2.05, 4.69) is 10.7 Å². The van der Waals surface area contributed by atoms with Crippen LogP contribution in [0, 0.1) is 0 Å². The molecule has 0 aromatic heterocycles. The Labute approximate surface area is 181 Å². The normalized spacial score (nSPS) is 18.0. The van der Waals surface area contributed by atoms with Gasteiger partial charge in [-0.2, -0.15) is 5.01 Å². The minimum Gasteiger partial charge on any atom is -0.490 e. The van der Waals surface area contributed by atoms with Crippen LogP contribution in [-0.4, -0.2) is 36.1 Å². The van der Waals surface area contributed by atoms with Gasteiger partial charge in [-0.25, -0.2) is 4.79 Å². The van der Waals surface area contributed by atoms with Crippen molar-refractivity contribution in [1.82, 2.24) is 15.8 Å². The van der Waals surface area contributed by atoms with E-state index in [-0.39, 0.29) is 5.56 Å². The monoisotopic (exact) mass is 425 g/mol. The van der Waals surface area contributed by atoms with Crippen molar-refractivity contribution >= 4 is 17.8 Å². The zero-order valence-electron chi connectivity index (χ0n) is 17.9. The average Bonchev–Trinajstić information content (AvgIpc) is 3.04. The quantitative estimate of drug-likeness (QED) is 0.601. The summed E-state index contributed by atoms with van der Waals surface area (Å²) in [5.41, 5.74) is 2.09. The van der Waals surface area contributed by atoms with E-state index in [1.807, 2.05) is 19.9 Å². The predicted octanol–water partition coefficient (Wildman–Crippen LogP) is 3.38. The molecule has 1 saturated heterocycles. The van der Waals surface area contributed by atoms with Gasteiger partial charge in [-0.05, 0) is 43.5 Å². The maximum Gasteiger partial charge on any atom is 0.344 e. The lowest BCUT2D eigenvalue weighted by Gasteiger charge is -2.25. The number of carbonyl (C=O) groups is 3. The molecule has 0 unspecified atom stereocenters. The van der Waals surface area contributed by atoms with Crippen molar-refractivity contribution in [1.29, 1.82) is 0 Å². The number of amides is 4. The number of urea groups is 1. The lowest BCUT2D eigenvalue weighted by molar-refractivity contribution is -0.133. The maximum absolute atomic E-state index is 13.2. The van der Waals surface area contributed by atoms with Gasteiger partial charge in [-0.1, -0.05) is 44.2 Å². The average molecular weight is 425 g/mol. The van der Waals surface area contributed by atoms with Gasteiger partial charge in [0.05, 0.1) is 13.2 Å². The molecule has 2 aromatic carbocycles. The zero-order valence-corrected chi connectivity index (χ0v) is 17.9. The number of hydrazine groups is 1. The van der Waals surface area contributed by atoms with Crippen molar-refractivity contribution < 1.29 is 23.9 Å². The van der Waals surface area contributed by atoms with Gasteiger partial charge in [0.25, 0.3) is 11.8 Å². The Morgan fingerprint density at radius 3 is 2.42 bits per heavy atom. The summed E-state index contributed by atoms with van der Waals surface area (Å²) in [6, 6.07) is 13.0. The molecule has 2 N–H and O–H groups in total. The fourth-order valence-corrected chi connectivity index (χ4v) is 3.45. The van der Waals surface area contributed by atoms with Gasteiger partial charge in [-0.15, -0.1) is 0 Å². The molecule has 164 valence electrons. The second-order valence-electron chi connectivity index (χ2n) is 7.08. The van der Waals surface area contributed by atoms with Crippen molar-refractivity contribution in [2.45, 2.75) is 39.2 Å². The number of hydrogen-bond donors (Lipinski definition) is 2. The molecule has 31 heavy (non-hydrogen) atoms. The molecule has 8 heteroatoms. The van der Waals surface area contributed by atoms with Crippen molar-refractivity contribution in [3.05, 3.63) is 59.7 Å². The third-order valence-electron chi connectivity index (χ3n) is 5.07. The Morgan fingerprint density at radius 1 is 1.03 bits per heavy atom. The highest BCUT2D eigenvalue weighted by Crippen LogP contribution is 2.32. The molecule has 0 bridgehead atoms. The van der Waals surface area contributed by atoms with Crippen LogP contribution in [0.5, 0.6) is 11.5 Å². The van der Waals surface area contributed by atoms with E-state index in [1.54, 1.807) is 43.3 Å². The van der Waals surface area contributed by atoms with Gasteiger partial charge in [0.2, 0.25) is 0 Å². The number of hydrogen-bond acceptors (Lipinski definition) is 5. The minimum absolute atomic E-state index is 0.238. The van der Waals surface area contributed by atoms with E-state index >= 15 is 0 Å². The van der Waals surface area contributed by atoms with Crippen molar-refractivity contribution in [2.75, 3.05) is 13.2 Å². The third kappa shape index (κ3) is 4.33. The van der Waals surface area contributed by atoms with E-state index in [1.165, 1.54) is 6.07 Å². The fourth-order valence-electron chi connectivity index (χ4n) is 3.45. The second-order valence-corrected chi connectivity index (χ2v) is 7.08. The summed E-state index contributed by atoms with van der Waals surface area (Å²) < 4.78 is 11.2. The Morgan fingerprint density at radius 2 is 1.77 bits per heavy atom. The number of rotatable bonds is 9. The largest absolute Gasteiger partial charge is 0.490 e. The first-order valence-corrected chi connectivity index (χ1v) is 10.4. The van der Waals surface area contributed by atoms with Gasteiger partial charge < -0.3 is 14.8 Å². The summed E-state index contributed by atoms with van der Waals surface area (Å²) in [6.45, 7) is 6.55. The Hall–Kier alpha value is -3.55. The fraction of sp³-hybridized carbons (Fsp3) is 0.348. The first-order valence-electron chi connectivity index (χ1n) is 10.4. The van der Waals surface area contributed by atoms with Crippen LogP contribution in [0.4, 0.5) is 4.79 Å². The summed E-state index contributed by atoms with van der Waals surface area (Å²) >= 11 is 0. The number of benzene rings is 2. The summed E-state index contributed by atoms with van der Waals surface area (Å²) in [7, 11) is 0. The van der Waals surface area contributed by atoms with E-state index in [0.717, 1.165) is 11.4 Å². The molecular formula is C23H27N3O5. The Bertz CT molecular complexity index is 963. The molecule has 1 aliphatic heterocycles. The zero-order chi connectivity index (χ0) is 22.4. The summed E-state index contributed by atoms with van der Waals surface area (Å²) in [4.78, 5) is 38.6. The number of nitrogens with one attached hydrogen (secondary N) is 2. The summed E-state index contributed by atoms with van der Waals surface area (Å²) in [6.07, 6.45) is 1.17. The van der Waals surface area contributed by atoms with Gasteiger partial charge >= 0.3 is 6.03 Å². The molecule has 8 nitrogen and oxygen atoms in total. The Balaban J connectivity index is 1.82. The first kappa shape index (κ1) is 22.1. The van der Waals surface area contributed by atoms with E-state index in [4.69, 9.17) is 9.47 Å². The second kappa shape index (κ2) is 9.51. The van der Waals surface area contributed by atoms with Crippen LogP contribution in [0.25, 0.3) is 0 Å². The molecule has 2 aromatic rings. The van der Waals surface area contributed by atoms with Crippen molar-refractivity contribution in [3.8, 4) is 11.5 Å². The van der Waals surface area contributed by atoms with Gasteiger partial charge in [-0.3, -0.25) is 15.0 Å². The first-order chi connectivity index (χ1) is 15.0. The molecule has 0 radical (unpaired) electrons. The van der Waals surface area contributed by atoms with Gasteiger partial charge in [0.15, 0.2) is 11.5 Å². The van der Waals surface area contributed by atoms with Crippen LogP contribution in [-0.2, 0) is 10.3 Å². The minimum atomic E-state index is -1.22. The third-order valence-corrected chi connectivity index (χ3v) is 5.07. The summed E-state index contributed by atoms with van der Waals surface area (Å²) in [5, 5.41) is 3.47. The van der Waals surface area contributed by atoms with E-state index in [9.17, 15) is 14.4 Å². The summed E-state index contributed by atoms with van der Waals surface area (Å²) in [5.74, 6) is -0.184. The molecule has 1 heterocycles. The molecule has 0 spiro atoms. The van der Waals surface area contributed by atoms with E-state index in [0.29, 0.717) is 36.7 Å². The van der Waals surface area contributed by atoms with Crippen LogP contribution in [0.15, 0.2) is 48.5 Å². The smallest absolute Gasteiger partial charge is 0.344 e. The molecule has 3 rings (SSSR count). The van der Waals surface area contributed by atoms with Crippen LogP contribution < -0.4 is 20.2 Å². The predicted molar refractivity (Wildman–Crippen MR) is 115 cm³/mol. The van der Waals surface area contributed by atoms with Crippen LogP contribution in [0.2, 0.25) is 0 Å². The molecular weight excluding hydrogens is 398 g/mol. The maximum atomic E-state index is 13.2. The highest BCUT2D eigenvalue weighted by Gasteiger charge is 2.52. The SMILES string of the molecule is CCCOc1ccc(C(=O)NN2C(=O)N[C@](CC)(c3ccccc3)C2=O)cc1OCC. The molecule has 1 aliphatic rings. The molecule has 0 aliphatic carbocycles. The van der Waals surface area contributed by atoms with E-state index < -0.39 is 23.4 Å². The van der Waals surface area contributed by atoms with Crippen LogP contribution in [0.1, 0.15) is 49.5 Å². The van der Waals surface area contributed by atoms with Crippen molar-refractivity contribution in [3.63, 3.8) is 0 Å². The van der Waals surface area contributed by atoms with Crippen molar-refractivity contribution in [2.24, 2.45) is 0 Å². The number of imide groups is 1. The topological polar surface area (TPSA) is 97.0 Å². The standard InChI is InChI=1S/C23H27N3O5/c1-4-14-31-18-13-12-16(15-19(18)30-6-3)20(27)25-26-21(28)23(5-2,24-22(26)29)17-10-8-7-9-11-17/h7-13,15H,4-6,14H2,1-3H3,(H,24,29)(H,25,27)/t23-/m1/s1.